The van der Waals surface area contributed by atoms with E-state index in [9.17, 15) is 13.2 Å². The maximum absolute atomic E-state index is 11.6. The minimum Gasteiger partial charge on any atom is -0.395 e. The van der Waals surface area contributed by atoms with E-state index in [-0.39, 0.29) is 23.6 Å². The highest BCUT2D eigenvalue weighted by molar-refractivity contribution is 7.89. The van der Waals surface area contributed by atoms with Crippen LogP contribution in [0.25, 0.3) is 0 Å². The first-order valence-corrected chi connectivity index (χ1v) is 5.96. The van der Waals surface area contributed by atoms with Crippen molar-refractivity contribution in [2.45, 2.75) is 4.90 Å². The van der Waals surface area contributed by atoms with E-state index in [1.165, 1.54) is 24.3 Å². The van der Waals surface area contributed by atoms with E-state index in [2.05, 4.69) is 4.72 Å². The highest BCUT2D eigenvalue weighted by Crippen LogP contribution is 2.10. The van der Waals surface area contributed by atoms with Crippen LogP contribution in [-0.4, -0.2) is 32.6 Å². The molecule has 4 N–H and O–H groups in total. The summed E-state index contributed by atoms with van der Waals surface area (Å²) in [6, 6.07) is 5.37. The van der Waals surface area contributed by atoms with Gasteiger partial charge in [0.25, 0.3) is 0 Å². The van der Waals surface area contributed by atoms with Crippen LogP contribution in [0.4, 0.5) is 0 Å². The van der Waals surface area contributed by atoms with Crippen LogP contribution in [-0.2, 0) is 10.0 Å². The van der Waals surface area contributed by atoms with Crippen molar-refractivity contribution in [2.75, 3.05) is 13.2 Å². The highest BCUT2D eigenvalue weighted by Gasteiger charge is 2.14. The number of nitrogens with one attached hydrogen (secondary N) is 1. The SMILES string of the molecule is NC(=O)c1cccc(S(=O)(=O)NCCO)c1. The lowest BCUT2D eigenvalue weighted by Crippen LogP contribution is -2.27. The predicted molar refractivity (Wildman–Crippen MR) is 57.2 cm³/mol. The fraction of sp³-hybridized carbons (Fsp3) is 0.222. The molecule has 0 saturated carbocycles. The summed E-state index contributed by atoms with van der Waals surface area (Å²) in [5.41, 5.74) is 5.15. The zero-order valence-corrected chi connectivity index (χ0v) is 9.20. The molecule has 0 saturated heterocycles. The molecule has 16 heavy (non-hydrogen) atoms. The number of benzene rings is 1. The second-order valence-corrected chi connectivity index (χ2v) is 4.78. The molecule has 0 aliphatic carbocycles. The van der Waals surface area contributed by atoms with E-state index in [1.807, 2.05) is 0 Å². The molecule has 1 aromatic carbocycles. The van der Waals surface area contributed by atoms with Gasteiger partial charge in [-0.15, -0.1) is 0 Å². The van der Waals surface area contributed by atoms with Crippen LogP contribution in [0.2, 0.25) is 0 Å². The molecule has 0 aromatic heterocycles. The first-order chi connectivity index (χ1) is 7.47. The van der Waals surface area contributed by atoms with Crippen LogP contribution in [0.15, 0.2) is 29.2 Å². The lowest BCUT2D eigenvalue weighted by Gasteiger charge is -2.05. The topological polar surface area (TPSA) is 109 Å². The van der Waals surface area contributed by atoms with Gasteiger partial charge in [0.2, 0.25) is 15.9 Å². The van der Waals surface area contributed by atoms with Crippen molar-refractivity contribution in [3.63, 3.8) is 0 Å². The smallest absolute Gasteiger partial charge is 0.248 e. The molecule has 0 unspecified atom stereocenters. The van der Waals surface area contributed by atoms with Crippen molar-refractivity contribution in [1.29, 1.82) is 0 Å². The molecule has 7 heteroatoms. The standard InChI is InChI=1S/C9H12N2O4S/c10-9(13)7-2-1-3-8(6-7)16(14,15)11-4-5-12/h1-3,6,11-12H,4-5H2,(H2,10,13). The lowest BCUT2D eigenvalue weighted by atomic mass is 10.2. The van der Waals surface area contributed by atoms with Gasteiger partial charge in [-0.25, -0.2) is 13.1 Å². The van der Waals surface area contributed by atoms with E-state index in [4.69, 9.17) is 10.8 Å². The monoisotopic (exact) mass is 244 g/mol. The number of aliphatic hydroxyl groups is 1. The number of aliphatic hydroxyl groups excluding tert-OH is 1. The van der Waals surface area contributed by atoms with Gasteiger partial charge < -0.3 is 10.8 Å². The third-order valence-corrected chi connectivity index (χ3v) is 3.29. The lowest BCUT2D eigenvalue weighted by molar-refractivity contribution is 0.1000. The average molecular weight is 244 g/mol. The molecule has 0 bridgehead atoms. The Bertz CT molecular complexity index is 484. The van der Waals surface area contributed by atoms with Gasteiger partial charge in [-0.05, 0) is 18.2 Å². The number of sulfonamides is 1. The normalized spacial score (nSPS) is 11.3. The number of carbonyl (C=O) groups is 1. The zero-order valence-electron chi connectivity index (χ0n) is 8.38. The third-order valence-electron chi connectivity index (χ3n) is 1.83. The molecule has 1 rings (SSSR count). The first-order valence-electron chi connectivity index (χ1n) is 4.48. The fourth-order valence-electron chi connectivity index (χ4n) is 1.08. The molecule has 0 radical (unpaired) electrons. The summed E-state index contributed by atoms with van der Waals surface area (Å²) in [6.45, 7) is -0.377. The summed E-state index contributed by atoms with van der Waals surface area (Å²) in [6.07, 6.45) is 0. The van der Waals surface area contributed by atoms with Crippen LogP contribution >= 0.6 is 0 Å². The highest BCUT2D eigenvalue weighted by atomic mass is 32.2. The summed E-state index contributed by atoms with van der Waals surface area (Å²) in [5.74, 6) is -0.695. The average Bonchev–Trinajstić information content (AvgIpc) is 2.26. The molecule has 88 valence electrons. The number of hydrogen-bond donors (Lipinski definition) is 3. The van der Waals surface area contributed by atoms with Crippen molar-refractivity contribution >= 4 is 15.9 Å². The van der Waals surface area contributed by atoms with Gasteiger partial charge in [0.1, 0.15) is 0 Å². The van der Waals surface area contributed by atoms with Crippen LogP contribution in [0, 0.1) is 0 Å². The van der Waals surface area contributed by atoms with Crippen molar-refractivity contribution < 1.29 is 18.3 Å². The molecule has 0 spiro atoms. The van der Waals surface area contributed by atoms with Crippen LogP contribution in [0.3, 0.4) is 0 Å². The Morgan fingerprint density at radius 3 is 2.69 bits per heavy atom. The molecule has 0 atom stereocenters. The van der Waals surface area contributed by atoms with Crippen molar-refractivity contribution in [2.24, 2.45) is 5.73 Å². The summed E-state index contributed by atoms with van der Waals surface area (Å²) in [7, 11) is -3.70. The summed E-state index contributed by atoms with van der Waals surface area (Å²) >= 11 is 0. The first kappa shape index (κ1) is 12.6. The molecule has 1 aromatic rings. The minimum atomic E-state index is -3.70. The summed E-state index contributed by atoms with van der Waals surface area (Å²) in [4.78, 5) is 10.8. The van der Waals surface area contributed by atoms with Crippen molar-refractivity contribution in [1.82, 2.24) is 4.72 Å². The van der Waals surface area contributed by atoms with Crippen LogP contribution in [0.1, 0.15) is 10.4 Å². The van der Waals surface area contributed by atoms with Gasteiger partial charge >= 0.3 is 0 Å². The number of primary amides is 1. The molecule has 1 amide bonds. The maximum Gasteiger partial charge on any atom is 0.248 e. The fourth-order valence-corrected chi connectivity index (χ4v) is 2.15. The number of amides is 1. The summed E-state index contributed by atoms with van der Waals surface area (Å²) < 4.78 is 25.3. The number of rotatable bonds is 5. The molecule has 0 aliphatic rings. The van der Waals surface area contributed by atoms with E-state index in [0.717, 1.165) is 0 Å². The Balaban J connectivity index is 3.04. The van der Waals surface area contributed by atoms with Gasteiger partial charge in [0, 0.05) is 12.1 Å². The van der Waals surface area contributed by atoms with Gasteiger partial charge in [-0.2, -0.15) is 0 Å². The van der Waals surface area contributed by atoms with E-state index in [0.29, 0.717) is 0 Å². The molecule has 0 fully saturated rings. The van der Waals surface area contributed by atoms with Gasteiger partial charge in [-0.3, -0.25) is 4.79 Å². The Labute approximate surface area is 93.1 Å². The Morgan fingerprint density at radius 1 is 1.44 bits per heavy atom. The molecular formula is C9H12N2O4S. The van der Waals surface area contributed by atoms with E-state index < -0.39 is 15.9 Å². The third kappa shape index (κ3) is 3.02. The molecule has 0 heterocycles. The number of nitrogens with two attached hydrogens (primary N) is 1. The number of carbonyl (C=O) groups excluding carboxylic acids is 1. The van der Waals surface area contributed by atoms with Crippen LogP contribution in [0.5, 0.6) is 0 Å². The second kappa shape index (κ2) is 5.06. The zero-order chi connectivity index (χ0) is 12.2. The van der Waals surface area contributed by atoms with Crippen molar-refractivity contribution in [3.8, 4) is 0 Å². The Morgan fingerprint density at radius 2 is 2.12 bits per heavy atom. The molecular weight excluding hydrogens is 232 g/mol. The summed E-state index contributed by atoms with van der Waals surface area (Å²) in [5, 5.41) is 8.52. The quantitative estimate of drug-likeness (QED) is 0.620. The van der Waals surface area contributed by atoms with E-state index in [1.54, 1.807) is 0 Å². The Hall–Kier alpha value is -1.44. The minimum absolute atomic E-state index is 0.0581. The second-order valence-electron chi connectivity index (χ2n) is 3.01. The number of hydrogen-bond acceptors (Lipinski definition) is 4. The molecule has 6 nitrogen and oxygen atoms in total. The van der Waals surface area contributed by atoms with Gasteiger partial charge in [-0.1, -0.05) is 6.07 Å². The molecule has 0 aliphatic heterocycles. The van der Waals surface area contributed by atoms with E-state index >= 15 is 0 Å². The van der Waals surface area contributed by atoms with Gasteiger partial charge in [0.05, 0.1) is 11.5 Å². The predicted octanol–water partition coefficient (Wildman–Crippen LogP) is -0.944. The van der Waals surface area contributed by atoms with Gasteiger partial charge in [0.15, 0.2) is 0 Å². The van der Waals surface area contributed by atoms with Crippen molar-refractivity contribution in [3.05, 3.63) is 29.8 Å². The maximum atomic E-state index is 11.6. The van der Waals surface area contributed by atoms with Crippen LogP contribution < -0.4 is 10.5 Å². The largest absolute Gasteiger partial charge is 0.395 e. The Kier molecular flexibility index (Phi) is 3.99.